The molecule has 1 spiro atoms. The lowest BCUT2D eigenvalue weighted by atomic mass is 9.85. The van der Waals surface area contributed by atoms with Crippen LogP contribution in [-0.4, -0.2) is 41.5 Å². The third kappa shape index (κ3) is 3.88. The molecule has 0 amide bonds. The number of nitrogens with zero attached hydrogens (tertiary/aromatic N) is 1. The summed E-state index contributed by atoms with van der Waals surface area (Å²) in [5.74, 6) is 0.00145. The van der Waals surface area contributed by atoms with Crippen LogP contribution in [0, 0.1) is 6.92 Å². The second kappa shape index (κ2) is 8.54. The first-order chi connectivity index (χ1) is 14.3. The van der Waals surface area contributed by atoms with E-state index in [-0.39, 0.29) is 28.2 Å². The molecule has 0 N–H and O–H groups in total. The van der Waals surface area contributed by atoms with Crippen LogP contribution in [-0.2, 0) is 26.2 Å². The highest BCUT2D eigenvalue weighted by Gasteiger charge is 2.59. The van der Waals surface area contributed by atoms with Crippen molar-refractivity contribution in [2.45, 2.75) is 60.6 Å². The summed E-state index contributed by atoms with van der Waals surface area (Å²) in [6.45, 7) is 2.50. The van der Waals surface area contributed by atoms with Gasteiger partial charge in [-0.3, -0.25) is 4.79 Å². The Labute approximate surface area is 186 Å². The molecule has 1 aliphatic carbocycles. The van der Waals surface area contributed by atoms with Crippen LogP contribution in [0.25, 0.3) is 0 Å². The van der Waals surface area contributed by atoms with Crippen LogP contribution in [0.4, 0.5) is 0 Å². The van der Waals surface area contributed by atoms with Crippen molar-refractivity contribution in [1.29, 1.82) is 0 Å². The van der Waals surface area contributed by atoms with Crippen molar-refractivity contribution in [2.75, 3.05) is 6.54 Å². The van der Waals surface area contributed by atoms with E-state index in [1.807, 2.05) is 37.3 Å². The molecule has 2 aromatic rings. The molecule has 2 fully saturated rings. The first-order valence-electron chi connectivity index (χ1n) is 10.3. The Morgan fingerprint density at radius 1 is 1.13 bits per heavy atom. The van der Waals surface area contributed by atoms with Crippen molar-refractivity contribution in [2.24, 2.45) is 0 Å². The van der Waals surface area contributed by atoms with Gasteiger partial charge >= 0.3 is 0 Å². The number of ether oxygens (including phenoxy) is 1. The van der Waals surface area contributed by atoms with Crippen molar-refractivity contribution < 1.29 is 17.9 Å². The maximum Gasteiger partial charge on any atom is 0.244 e. The van der Waals surface area contributed by atoms with Gasteiger partial charge in [-0.2, -0.15) is 4.31 Å². The van der Waals surface area contributed by atoms with Gasteiger partial charge in [0, 0.05) is 17.8 Å². The average Bonchev–Trinajstić information content (AvgIpc) is 3.11. The second-order valence-electron chi connectivity index (χ2n) is 8.17. The Balaban J connectivity index is 1.65. The van der Waals surface area contributed by atoms with E-state index < -0.39 is 15.6 Å². The zero-order valence-electron chi connectivity index (χ0n) is 17.0. The Morgan fingerprint density at radius 2 is 1.83 bits per heavy atom. The molecule has 2 aromatic carbocycles. The number of rotatable bonds is 5. The number of sulfonamides is 1. The van der Waals surface area contributed by atoms with Crippen molar-refractivity contribution in [3.63, 3.8) is 0 Å². The lowest BCUT2D eigenvalue weighted by molar-refractivity contribution is -0.129. The summed E-state index contributed by atoms with van der Waals surface area (Å²) in [5, 5.41) is 0. The average molecular weight is 492 g/mol. The van der Waals surface area contributed by atoms with E-state index >= 15 is 0 Å². The lowest BCUT2D eigenvalue weighted by Crippen LogP contribution is -2.65. The third-order valence-corrected chi connectivity index (χ3v) is 9.24. The van der Waals surface area contributed by atoms with Gasteiger partial charge in [-0.25, -0.2) is 8.42 Å². The van der Waals surface area contributed by atoms with Crippen LogP contribution in [0.3, 0.4) is 0 Å². The van der Waals surface area contributed by atoms with Gasteiger partial charge in [0.25, 0.3) is 0 Å². The van der Waals surface area contributed by atoms with Crippen LogP contribution in [0.5, 0.6) is 0 Å². The molecule has 0 unspecified atom stereocenters. The predicted octanol–water partition coefficient (Wildman–Crippen LogP) is 4.23. The molecule has 1 saturated carbocycles. The minimum absolute atomic E-state index is 0.00145. The van der Waals surface area contributed by atoms with Crippen LogP contribution < -0.4 is 0 Å². The van der Waals surface area contributed by atoms with Gasteiger partial charge in [0.1, 0.15) is 5.54 Å². The molecule has 0 radical (unpaired) electrons. The summed E-state index contributed by atoms with van der Waals surface area (Å²) in [6, 6.07) is 16.6. The molecule has 2 aliphatic rings. The molecule has 0 bridgehead atoms. The smallest absolute Gasteiger partial charge is 0.244 e. The molecule has 7 heteroatoms. The number of ketones is 1. The Morgan fingerprint density at radius 3 is 2.47 bits per heavy atom. The van der Waals surface area contributed by atoms with E-state index in [1.54, 1.807) is 24.3 Å². The maximum absolute atomic E-state index is 13.7. The molecule has 160 valence electrons. The molecule has 4 rings (SSSR count). The van der Waals surface area contributed by atoms with Gasteiger partial charge in [-0.1, -0.05) is 64.0 Å². The van der Waals surface area contributed by atoms with E-state index in [1.165, 1.54) is 4.31 Å². The first kappa shape index (κ1) is 21.7. The molecule has 1 aliphatic heterocycles. The number of carbonyl (C=O) groups excluding carboxylic acids is 1. The summed E-state index contributed by atoms with van der Waals surface area (Å²) in [6.07, 6.45) is 1.96. The molecule has 5 nitrogen and oxygen atoms in total. The summed E-state index contributed by atoms with van der Waals surface area (Å²) in [7, 11) is -3.85. The molecular weight excluding hydrogens is 466 g/mol. The minimum Gasteiger partial charge on any atom is -0.372 e. The number of alkyl halides is 1. The minimum atomic E-state index is -3.85. The van der Waals surface area contributed by atoms with Crippen molar-refractivity contribution in [3.8, 4) is 0 Å². The summed E-state index contributed by atoms with van der Waals surface area (Å²) in [4.78, 5) is 12.9. The van der Waals surface area contributed by atoms with E-state index in [2.05, 4.69) is 15.9 Å². The molecular formula is C23H26BrNO4S. The van der Waals surface area contributed by atoms with Crippen LogP contribution in [0.2, 0.25) is 0 Å². The zero-order valence-corrected chi connectivity index (χ0v) is 19.4. The van der Waals surface area contributed by atoms with Crippen LogP contribution in [0.1, 0.15) is 36.8 Å². The van der Waals surface area contributed by atoms with Gasteiger partial charge in [-0.15, -0.1) is 0 Å². The van der Waals surface area contributed by atoms with Crippen molar-refractivity contribution in [1.82, 2.24) is 4.31 Å². The van der Waals surface area contributed by atoms with E-state index in [0.717, 1.165) is 11.1 Å². The second-order valence-corrected chi connectivity index (χ2v) is 11.1. The van der Waals surface area contributed by atoms with Crippen LogP contribution in [0.15, 0.2) is 59.5 Å². The predicted molar refractivity (Wildman–Crippen MR) is 119 cm³/mol. The number of piperidine rings is 1. The van der Waals surface area contributed by atoms with Crippen LogP contribution >= 0.6 is 15.9 Å². The number of carbonyl (C=O) groups is 1. The van der Waals surface area contributed by atoms with Gasteiger partial charge in [0.2, 0.25) is 10.0 Å². The largest absolute Gasteiger partial charge is 0.372 e. The lowest BCUT2D eigenvalue weighted by Gasteiger charge is -2.48. The van der Waals surface area contributed by atoms with Gasteiger partial charge in [0.15, 0.2) is 5.78 Å². The Bertz CT molecular complexity index is 1010. The summed E-state index contributed by atoms with van der Waals surface area (Å²) in [5.41, 5.74) is 0.992. The Hall–Kier alpha value is -1.54. The number of hydrogen-bond donors (Lipinski definition) is 0. The highest BCUT2D eigenvalue weighted by Crippen LogP contribution is 2.46. The van der Waals surface area contributed by atoms with Gasteiger partial charge in [-0.05, 0) is 43.9 Å². The van der Waals surface area contributed by atoms with Gasteiger partial charge in [0.05, 0.1) is 17.6 Å². The van der Waals surface area contributed by atoms with Crippen molar-refractivity contribution >= 4 is 31.7 Å². The van der Waals surface area contributed by atoms with E-state index in [4.69, 9.17) is 4.74 Å². The molecule has 0 aromatic heterocycles. The quantitative estimate of drug-likeness (QED) is 0.587. The van der Waals surface area contributed by atoms with E-state index in [9.17, 15) is 13.2 Å². The fourth-order valence-corrected chi connectivity index (χ4v) is 7.66. The number of Topliss-reactive ketones (excluding diaryl/α,β-unsaturated/α-hetero) is 1. The third-order valence-electron chi connectivity index (χ3n) is 6.18. The van der Waals surface area contributed by atoms with Gasteiger partial charge < -0.3 is 4.74 Å². The summed E-state index contributed by atoms with van der Waals surface area (Å²) >= 11 is 3.69. The maximum atomic E-state index is 13.7. The zero-order chi connectivity index (χ0) is 21.4. The highest BCUT2D eigenvalue weighted by molar-refractivity contribution is 9.09. The monoisotopic (exact) mass is 491 g/mol. The fraction of sp³-hybridized carbons (Fsp3) is 0.435. The fourth-order valence-electron chi connectivity index (χ4n) is 4.53. The molecule has 3 atom stereocenters. The normalized spacial score (nSPS) is 27.6. The number of hydrogen-bond acceptors (Lipinski definition) is 4. The standard InChI is InChI=1S/C23H26BrNO4S/c1-17-9-11-20(12-10-17)30(27,28)25-15-19(29-16-18-6-3-2-4-7-18)14-21(24)23(25)13-5-8-22(23)26/h2-4,6-7,9-12,19,21H,5,8,13-16H2,1H3/t19-,21-,23+/m0/s1. The molecule has 1 saturated heterocycles. The molecule has 30 heavy (non-hydrogen) atoms. The number of halogens is 1. The number of benzene rings is 2. The SMILES string of the molecule is Cc1ccc(S(=O)(=O)N2C[C@@H](OCc3ccccc3)C[C@H](Br)[C@@]23CCCC3=O)cc1. The topological polar surface area (TPSA) is 63.7 Å². The Kier molecular flexibility index (Phi) is 6.17. The first-order valence-corrected chi connectivity index (χ1v) is 12.6. The number of aryl methyl sites for hydroxylation is 1. The van der Waals surface area contributed by atoms with Crippen molar-refractivity contribution in [3.05, 3.63) is 65.7 Å². The summed E-state index contributed by atoms with van der Waals surface area (Å²) < 4.78 is 34.9. The van der Waals surface area contributed by atoms with E-state index in [0.29, 0.717) is 32.3 Å². The molecule has 1 heterocycles. The highest BCUT2D eigenvalue weighted by atomic mass is 79.9.